The fourth-order valence-corrected chi connectivity index (χ4v) is 3.30. The van der Waals surface area contributed by atoms with Gasteiger partial charge in [0.25, 0.3) is 11.3 Å². The van der Waals surface area contributed by atoms with Crippen molar-refractivity contribution in [2.75, 3.05) is 6.61 Å². The van der Waals surface area contributed by atoms with Gasteiger partial charge in [0.15, 0.2) is 0 Å². The predicted octanol–water partition coefficient (Wildman–Crippen LogP) is 2.27. The van der Waals surface area contributed by atoms with Crippen molar-refractivity contribution in [3.63, 3.8) is 0 Å². The topological polar surface area (TPSA) is 89.3 Å². The smallest absolute Gasteiger partial charge is 0.309 e. The first-order valence-electron chi connectivity index (χ1n) is 8.38. The number of esters is 1. The normalized spacial score (nSPS) is 18.8. The molecule has 0 bridgehead atoms. The number of ether oxygens (including phenoxy) is 1. The van der Waals surface area contributed by atoms with Gasteiger partial charge in [0.2, 0.25) is 0 Å². The summed E-state index contributed by atoms with van der Waals surface area (Å²) in [6.07, 6.45) is 2.52. The van der Waals surface area contributed by atoms with E-state index in [2.05, 4.69) is 15.1 Å². The van der Waals surface area contributed by atoms with Gasteiger partial charge in [0, 0.05) is 17.0 Å². The van der Waals surface area contributed by atoms with Crippen molar-refractivity contribution in [3.8, 4) is 0 Å². The largest absolute Gasteiger partial charge is 0.465 e. The minimum Gasteiger partial charge on any atom is -0.465 e. The van der Waals surface area contributed by atoms with E-state index >= 15 is 0 Å². The van der Waals surface area contributed by atoms with Crippen LogP contribution >= 0.6 is 11.6 Å². The van der Waals surface area contributed by atoms with E-state index in [0.717, 1.165) is 12.0 Å². The highest BCUT2D eigenvalue weighted by Crippen LogP contribution is 2.48. The zero-order valence-corrected chi connectivity index (χ0v) is 14.9. The monoisotopic (exact) mass is 372 g/mol. The number of aromatic nitrogens is 4. The Labute approximate surface area is 154 Å². The first-order chi connectivity index (χ1) is 12.5. The third-order valence-corrected chi connectivity index (χ3v) is 4.97. The van der Waals surface area contributed by atoms with Crippen molar-refractivity contribution >= 4 is 23.3 Å². The fraction of sp³-hybridized carbons (Fsp3) is 0.333. The number of nitrogens with one attached hydrogen (secondary N) is 1. The summed E-state index contributed by atoms with van der Waals surface area (Å²) in [5.74, 6) is 0.178. The zero-order chi connectivity index (χ0) is 18.3. The Bertz CT molecular complexity index is 1030. The maximum atomic E-state index is 12.4. The standard InChI is InChI=1S/C18H17ClN4O3/c1-10-13(16(24)23-18(22-10)20-9-21-23)6-7-26-17(25)15-8-14(15)11-2-4-12(19)5-3-11/h2-5,9,14-15H,6-8H2,1H3,(H,20,21,22). The number of carbonyl (C=O) groups excluding carboxylic acids is 1. The van der Waals surface area contributed by atoms with Crippen LogP contribution in [0.1, 0.15) is 29.2 Å². The molecule has 3 aromatic rings. The molecule has 0 amide bonds. The molecule has 2 aromatic heterocycles. The quantitative estimate of drug-likeness (QED) is 0.694. The maximum absolute atomic E-state index is 12.4. The van der Waals surface area contributed by atoms with Crippen molar-refractivity contribution in [2.24, 2.45) is 5.92 Å². The first-order valence-corrected chi connectivity index (χ1v) is 8.76. The van der Waals surface area contributed by atoms with E-state index in [1.165, 1.54) is 10.8 Å². The summed E-state index contributed by atoms with van der Waals surface area (Å²) in [4.78, 5) is 32.9. The molecule has 1 aliphatic carbocycles. The summed E-state index contributed by atoms with van der Waals surface area (Å²) < 4.78 is 6.66. The van der Waals surface area contributed by atoms with Crippen LogP contribution in [0.4, 0.5) is 0 Å². The van der Waals surface area contributed by atoms with Crippen LogP contribution in [0.25, 0.3) is 5.78 Å². The molecule has 134 valence electrons. The molecule has 1 saturated carbocycles. The number of H-pyrrole nitrogens is 1. The molecular formula is C18H17ClN4O3. The Balaban J connectivity index is 1.36. The van der Waals surface area contributed by atoms with E-state index in [0.29, 0.717) is 28.5 Å². The van der Waals surface area contributed by atoms with Crippen LogP contribution < -0.4 is 5.56 Å². The van der Waals surface area contributed by atoms with Crippen LogP contribution in [0.15, 0.2) is 35.4 Å². The summed E-state index contributed by atoms with van der Waals surface area (Å²) >= 11 is 5.89. The lowest BCUT2D eigenvalue weighted by atomic mass is 10.1. The van der Waals surface area contributed by atoms with Crippen LogP contribution in [0.5, 0.6) is 0 Å². The van der Waals surface area contributed by atoms with Gasteiger partial charge >= 0.3 is 5.97 Å². The molecule has 26 heavy (non-hydrogen) atoms. The van der Waals surface area contributed by atoms with Gasteiger partial charge in [-0.3, -0.25) is 14.7 Å². The van der Waals surface area contributed by atoms with E-state index in [9.17, 15) is 9.59 Å². The van der Waals surface area contributed by atoms with Gasteiger partial charge in [-0.1, -0.05) is 23.7 Å². The Hall–Kier alpha value is -2.67. The average molecular weight is 373 g/mol. The molecule has 0 aliphatic heterocycles. The molecule has 2 atom stereocenters. The van der Waals surface area contributed by atoms with E-state index in [1.807, 2.05) is 24.3 Å². The lowest BCUT2D eigenvalue weighted by molar-refractivity contribution is -0.145. The average Bonchev–Trinajstić information content (AvgIpc) is 3.29. The summed E-state index contributed by atoms with van der Waals surface area (Å²) in [5.41, 5.74) is 2.00. The maximum Gasteiger partial charge on any atom is 0.309 e. The molecular weight excluding hydrogens is 356 g/mol. The number of hydrogen-bond donors (Lipinski definition) is 1. The van der Waals surface area contributed by atoms with Crippen LogP contribution in [-0.2, 0) is 16.0 Å². The molecule has 0 spiro atoms. The molecule has 1 N–H and O–H groups in total. The minimum atomic E-state index is -0.224. The van der Waals surface area contributed by atoms with Crippen molar-refractivity contribution in [3.05, 3.63) is 62.8 Å². The third-order valence-electron chi connectivity index (χ3n) is 4.72. The predicted molar refractivity (Wildman–Crippen MR) is 95.3 cm³/mol. The van der Waals surface area contributed by atoms with Crippen molar-refractivity contribution in [1.29, 1.82) is 0 Å². The number of aromatic amines is 1. The summed E-state index contributed by atoms with van der Waals surface area (Å²) in [5, 5.41) is 3.40. The second-order valence-corrected chi connectivity index (χ2v) is 6.86. The highest BCUT2D eigenvalue weighted by molar-refractivity contribution is 6.30. The van der Waals surface area contributed by atoms with Crippen molar-refractivity contribution in [2.45, 2.75) is 25.7 Å². The van der Waals surface area contributed by atoms with E-state index in [-0.39, 0.29) is 30.0 Å². The third kappa shape index (κ3) is 3.10. The number of rotatable bonds is 5. The summed E-state index contributed by atoms with van der Waals surface area (Å²) in [6, 6.07) is 7.53. The molecule has 0 saturated heterocycles. The van der Waals surface area contributed by atoms with E-state index in [1.54, 1.807) is 6.92 Å². The second-order valence-electron chi connectivity index (χ2n) is 6.42. The zero-order valence-electron chi connectivity index (χ0n) is 14.1. The lowest BCUT2D eigenvalue weighted by Gasteiger charge is -2.07. The number of hydrogen-bond acceptors (Lipinski definition) is 5. The number of halogens is 1. The van der Waals surface area contributed by atoms with Gasteiger partial charge in [-0.05, 0) is 37.0 Å². The number of aryl methyl sites for hydroxylation is 1. The van der Waals surface area contributed by atoms with Gasteiger partial charge in [-0.2, -0.15) is 4.52 Å². The fourth-order valence-electron chi connectivity index (χ4n) is 3.18. The molecule has 2 unspecified atom stereocenters. The van der Waals surface area contributed by atoms with Gasteiger partial charge in [-0.15, -0.1) is 0 Å². The number of fused-ring (bicyclic) bond motifs is 1. The molecule has 8 heteroatoms. The Morgan fingerprint density at radius 1 is 1.38 bits per heavy atom. The van der Waals surface area contributed by atoms with E-state index < -0.39 is 0 Å². The Morgan fingerprint density at radius 3 is 2.92 bits per heavy atom. The van der Waals surface area contributed by atoms with Gasteiger partial charge in [0.1, 0.15) is 6.33 Å². The summed E-state index contributed by atoms with van der Waals surface area (Å²) in [7, 11) is 0. The number of carbonyl (C=O) groups is 1. The molecule has 2 heterocycles. The molecule has 1 aliphatic rings. The number of nitrogens with zero attached hydrogens (tertiary/aromatic N) is 3. The highest BCUT2D eigenvalue weighted by atomic mass is 35.5. The Morgan fingerprint density at radius 2 is 2.15 bits per heavy atom. The van der Waals surface area contributed by atoms with Crippen LogP contribution in [-0.4, -0.2) is 32.2 Å². The highest BCUT2D eigenvalue weighted by Gasteiger charge is 2.45. The Kier molecular flexibility index (Phi) is 4.24. The first kappa shape index (κ1) is 16.8. The number of benzene rings is 1. The van der Waals surface area contributed by atoms with Crippen molar-refractivity contribution < 1.29 is 9.53 Å². The van der Waals surface area contributed by atoms with Gasteiger partial charge < -0.3 is 4.74 Å². The molecule has 1 fully saturated rings. The molecule has 4 rings (SSSR count). The molecule has 7 nitrogen and oxygen atoms in total. The second kappa shape index (κ2) is 6.57. The van der Waals surface area contributed by atoms with E-state index in [4.69, 9.17) is 16.3 Å². The molecule has 0 radical (unpaired) electrons. The minimum absolute atomic E-state index is 0.119. The molecule has 1 aromatic carbocycles. The van der Waals surface area contributed by atoms with Crippen molar-refractivity contribution in [1.82, 2.24) is 19.6 Å². The van der Waals surface area contributed by atoms with Crippen LogP contribution in [0.3, 0.4) is 0 Å². The van der Waals surface area contributed by atoms with Crippen LogP contribution in [0.2, 0.25) is 5.02 Å². The SMILES string of the molecule is Cc1nc2nc[nH]n2c(=O)c1CCOC(=O)C1CC1c1ccc(Cl)cc1. The van der Waals surface area contributed by atoms with Gasteiger partial charge in [0.05, 0.1) is 18.2 Å². The van der Waals surface area contributed by atoms with Crippen LogP contribution in [0, 0.1) is 12.8 Å². The lowest BCUT2D eigenvalue weighted by Crippen LogP contribution is -2.23. The summed E-state index contributed by atoms with van der Waals surface area (Å²) in [6.45, 7) is 1.91. The van der Waals surface area contributed by atoms with Gasteiger partial charge in [-0.25, -0.2) is 9.97 Å².